The second kappa shape index (κ2) is 4.70. The molecule has 2 rings (SSSR count). The van der Waals surface area contributed by atoms with Gasteiger partial charge in [-0.3, -0.25) is 16.3 Å². The van der Waals surface area contributed by atoms with Crippen LogP contribution in [-0.2, 0) is 4.74 Å². The Morgan fingerprint density at radius 3 is 3.13 bits per heavy atom. The van der Waals surface area contributed by atoms with Crippen molar-refractivity contribution in [2.75, 3.05) is 13.2 Å². The predicted octanol–water partition coefficient (Wildman–Crippen LogP) is 0.931. The molecule has 1 aliphatic rings. The Bertz CT molecular complexity index is 323. The van der Waals surface area contributed by atoms with Gasteiger partial charge in [0.05, 0.1) is 12.6 Å². The lowest BCUT2D eigenvalue weighted by Gasteiger charge is -2.23. The first kappa shape index (κ1) is 10.5. The molecule has 4 heteroatoms. The average molecular weight is 207 g/mol. The number of hydrogen-bond donors (Lipinski definition) is 2. The van der Waals surface area contributed by atoms with E-state index in [9.17, 15) is 0 Å². The average Bonchev–Trinajstić information content (AvgIpc) is 2.75. The zero-order valence-electron chi connectivity index (χ0n) is 8.94. The Labute approximate surface area is 89.8 Å². The summed E-state index contributed by atoms with van der Waals surface area (Å²) in [6, 6.07) is 2.16. The maximum absolute atomic E-state index is 5.62. The van der Waals surface area contributed by atoms with Crippen LogP contribution in [0.3, 0.4) is 0 Å². The van der Waals surface area contributed by atoms with Gasteiger partial charge in [-0.2, -0.15) is 0 Å². The van der Waals surface area contributed by atoms with E-state index >= 15 is 0 Å². The largest absolute Gasteiger partial charge is 0.381 e. The zero-order chi connectivity index (χ0) is 10.7. The van der Waals surface area contributed by atoms with E-state index in [1.165, 1.54) is 11.1 Å². The molecule has 0 aromatic carbocycles. The Morgan fingerprint density at radius 2 is 2.53 bits per heavy atom. The highest BCUT2D eigenvalue weighted by Crippen LogP contribution is 2.29. The van der Waals surface area contributed by atoms with E-state index in [1.54, 1.807) is 6.20 Å². The number of aryl methyl sites for hydroxylation is 1. The summed E-state index contributed by atoms with van der Waals surface area (Å²) >= 11 is 0. The number of ether oxygens (including phenoxy) is 1. The number of pyridine rings is 1. The molecule has 1 aromatic heterocycles. The van der Waals surface area contributed by atoms with E-state index in [-0.39, 0.29) is 6.04 Å². The van der Waals surface area contributed by atoms with Gasteiger partial charge in [0.25, 0.3) is 0 Å². The molecule has 4 nitrogen and oxygen atoms in total. The van der Waals surface area contributed by atoms with Crippen LogP contribution in [0.2, 0.25) is 0 Å². The molecule has 0 radical (unpaired) electrons. The van der Waals surface area contributed by atoms with Crippen molar-refractivity contribution in [2.45, 2.75) is 19.4 Å². The van der Waals surface area contributed by atoms with Gasteiger partial charge >= 0.3 is 0 Å². The van der Waals surface area contributed by atoms with Crippen molar-refractivity contribution in [3.05, 3.63) is 29.6 Å². The SMILES string of the molecule is Cc1ccncc1C(NN)C1CCOC1. The Morgan fingerprint density at radius 1 is 1.67 bits per heavy atom. The van der Waals surface area contributed by atoms with Crippen LogP contribution in [-0.4, -0.2) is 18.2 Å². The Hall–Kier alpha value is -0.970. The number of rotatable bonds is 3. The number of hydrogen-bond acceptors (Lipinski definition) is 4. The van der Waals surface area contributed by atoms with Gasteiger partial charge in [-0.05, 0) is 30.5 Å². The van der Waals surface area contributed by atoms with Gasteiger partial charge in [-0.1, -0.05) is 0 Å². The highest BCUT2D eigenvalue weighted by molar-refractivity contribution is 5.25. The number of aromatic nitrogens is 1. The first-order valence-electron chi connectivity index (χ1n) is 5.27. The molecule has 2 heterocycles. The lowest BCUT2D eigenvalue weighted by molar-refractivity contribution is 0.176. The lowest BCUT2D eigenvalue weighted by Crippen LogP contribution is -2.34. The van der Waals surface area contributed by atoms with Crippen molar-refractivity contribution < 1.29 is 4.74 Å². The molecule has 1 fully saturated rings. The van der Waals surface area contributed by atoms with Gasteiger partial charge in [0.2, 0.25) is 0 Å². The third-order valence-electron chi connectivity index (χ3n) is 3.03. The lowest BCUT2D eigenvalue weighted by atomic mass is 9.91. The summed E-state index contributed by atoms with van der Waals surface area (Å²) in [5, 5.41) is 0. The van der Waals surface area contributed by atoms with Gasteiger partial charge < -0.3 is 4.74 Å². The molecule has 0 bridgehead atoms. The van der Waals surface area contributed by atoms with Crippen LogP contribution in [0.1, 0.15) is 23.6 Å². The standard InChI is InChI=1S/C11H17N3O/c1-8-2-4-13-6-10(8)11(14-12)9-3-5-15-7-9/h2,4,6,9,11,14H,3,5,7,12H2,1H3. The summed E-state index contributed by atoms with van der Waals surface area (Å²) in [5.41, 5.74) is 5.28. The number of hydrazine groups is 1. The van der Waals surface area contributed by atoms with Crippen molar-refractivity contribution in [3.63, 3.8) is 0 Å². The summed E-state index contributed by atoms with van der Waals surface area (Å²) in [4.78, 5) is 4.15. The van der Waals surface area contributed by atoms with Gasteiger partial charge in [-0.15, -0.1) is 0 Å². The molecule has 1 aliphatic heterocycles. The maximum Gasteiger partial charge on any atom is 0.0528 e. The minimum Gasteiger partial charge on any atom is -0.381 e. The van der Waals surface area contributed by atoms with E-state index in [4.69, 9.17) is 10.6 Å². The van der Waals surface area contributed by atoms with E-state index in [0.29, 0.717) is 5.92 Å². The first-order chi connectivity index (χ1) is 7.33. The molecule has 1 aromatic rings. The van der Waals surface area contributed by atoms with Crippen LogP contribution < -0.4 is 11.3 Å². The first-order valence-corrected chi connectivity index (χ1v) is 5.27. The summed E-state index contributed by atoms with van der Waals surface area (Å²) in [5.74, 6) is 6.08. The molecule has 1 saturated heterocycles. The van der Waals surface area contributed by atoms with Gasteiger partial charge in [0.15, 0.2) is 0 Å². The topological polar surface area (TPSA) is 60.2 Å². The zero-order valence-corrected chi connectivity index (χ0v) is 8.94. The quantitative estimate of drug-likeness (QED) is 0.572. The second-order valence-electron chi connectivity index (χ2n) is 4.00. The second-order valence-corrected chi connectivity index (χ2v) is 4.00. The molecule has 0 spiro atoms. The summed E-state index contributed by atoms with van der Waals surface area (Å²) in [7, 11) is 0. The Balaban J connectivity index is 2.22. The molecule has 0 saturated carbocycles. The van der Waals surface area contributed by atoms with Gasteiger partial charge in [0, 0.05) is 24.9 Å². The van der Waals surface area contributed by atoms with Crippen molar-refractivity contribution in [2.24, 2.45) is 11.8 Å². The van der Waals surface area contributed by atoms with Crippen LogP contribution in [0.15, 0.2) is 18.5 Å². The minimum absolute atomic E-state index is 0.154. The fourth-order valence-electron chi connectivity index (χ4n) is 2.10. The molecular formula is C11H17N3O. The highest BCUT2D eigenvalue weighted by atomic mass is 16.5. The normalized spacial score (nSPS) is 22.9. The highest BCUT2D eigenvalue weighted by Gasteiger charge is 2.27. The number of nitrogens with one attached hydrogen (secondary N) is 1. The summed E-state index contributed by atoms with van der Waals surface area (Å²) < 4.78 is 5.39. The van der Waals surface area contributed by atoms with Crippen molar-refractivity contribution in [1.82, 2.24) is 10.4 Å². The van der Waals surface area contributed by atoms with Crippen molar-refractivity contribution >= 4 is 0 Å². The summed E-state index contributed by atoms with van der Waals surface area (Å²) in [6.07, 6.45) is 4.75. The van der Waals surface area contributed by atoms with Crippen LogP contribution in [0.5, 0.6) is 0 Å². The smallest absolute Gasteiger partial charge is 0.0528 e. The molecule has 2 atom stereocenters. The van der Waals surface area contributed by atoms with E-state index < -0.39 is 0 Å². The molecule has 3 N–H and O–H groups in total. The maximum atomic E-state index is 5.62. The van der Waals surface area contributed by atoms with E-state index in [1.807, 2.05) is 12.3 Å². The van der Waals surface area contributed by atoms with Crippen LogP contribution in [0.25, 0.3) is 0 Å². The molecule has 82 valence electrons. The fourth-order valence-corrected chi connectivity index (χ4v) is 2.10. The molecular weight excluding hydrogens is 190 g/mol. The molecule has 0 aliphatic carbocycles. The van der Waals surface area contributed by atoms with E-state index in [2.05, 4.69) is 17.3 Å². The van der Waals surface area contributed by atoms with Crippen LogP contribution in [0, 0.1) is 12.8 Å². The fraction of sp³-hybridized carbons (Fsp3) is 0.545. The van der Waals surface area contributed by atoms with Crippen LogP contribution >= 0.6 is 0 Å². The van der Waals surface area contributed by atoms with E-state index in [0.717, 1.165) is 19.6 Å². The third-order valence-corrected chi connectivity index (χ3v) is 3.03. The third kappa shape index (κ3) is 2.17. The minimum atomic E-state index is 0.154. The van der Waals surface area contributed by atoms with Crippen LogP contribution in [0.4, 0.5) is 0 Å². The number of nitrogens with zero attached hydrogens (tertiary/aromatic N) is 1. The van der Waals surface area contributed by atoms with Crippen molar-refractivity contribution in [3.8, 4) is 0 Å². The molecule has 15 heavy (non-hydrogen) atoms. The van der Waals surface area contributed by atoms with Gasteiger partial charge in [-0.25, -0.2) is 0 Å². The predicted molar refractivity (Wildman–Crippen MR) is 58.0 cm³/mol. The monoisotopic (exact) mass is 207 g/mol. The molecule has 0 amide bonds. The van der Waals surface area contributed by atoms with Gasteiger partial charge in [0.1, 0.15) is 0 Å². The molecule has 2 unspecified atom stereocenters. The van der Waals surface area contributed by atoms with Crippen molar-refractivity contribution in [1.29, 1.82) is 0 Å². The number of nitrogens with two attached hydrogens (primary N) is 1. The Kier molecular flexibility index (Phi) is 3.30. The summed E-state index contributed by atoms with van der Waals surface area (Å²) in [6.45, 7) is 3.70.